The third kappa shape index (κ3) is 5.61. The number of carboxylic acids is 1. The standard InChI is InChI=1S/C33H41FO2/c1-22-7-11-26(12-8-22)30-6-2-5-28-21-29(33(35)36)15-16-31(28)32(30)27-13-9-23(10-14-27)18-25-19-24(20-25)4-3-17-34/h9-10,13-16,21-22,24-26H,2-8,11-12,17-20H2,1H3,(H,35,36)/t22-,24?,25?,26-. The zero-order valence-corrected chi connectivity index (χ0v) is 21.8. The summed E-state index contributed by atoms with van der Waals surface area (Å²) in [5.74, 6) is 2.09. The second-order valence-corrected chi connectivity index (χ2v) is 11.8. The van der Waals surface area contributed by atoms with Gasteiger partial charge in [-0.1, -0.05) is 55.7 Å². The molecule has 0 aliphatic heterocycles. The number of alkyl halides is 1. The number of allylic oxidation sites excluding steroid dienone is 1. The van der Waals surface area contributed by atoms with Gasteiger partial charge in [0.25, 0.3) is 0 Å². The van der Waals surface area contributed by atoms with Gasteiger partial charge in [0.1, 0.15) is 0 Å². The van der Waals surface area contributed by atoms with Crippen molar-refractivity contribution in [2.75, 3.05) is 6.67 Å². The second-order valence-electron chi connectivity index (χ2n) is 11.8. The van der Waals surface area contributed by atoms with Crippen molar-refractivity contribution in [3.05, 3.63) is 75.9 Å². The van der Waals surface area contributed by atoms with Crippen molar-refractivity contribution < 1.29 is 14.3 Å². The SMILES string of the molecule is C[C@H]1CC[C@H](C2=C(c3ccc(CC4CC(CCCF)C4)cc3)c3ccc(C(=O)O)cc3CCC2)CC1. The van der Waals surface area contributed by atoms with Crippen molar-refractivity contribution in [2.45, 2.75) is 84.0 Å². The van der Waals surface area contributed by atoms with Crippen LogP contribution in [-0.4, -0.2) is 17.8 Å². The largest absolute Gasteiger partial charge is 0.478 e. The summed E-state index contributed by atoms with van der Waals surface area (Å²) in [7, 11) is 0. The Labute approximate surface area is 216 Å². The van der Waals surface area contributed by atoms with E-state index in [9.17, 15) is 14.3 Å². The molecule has 3 heteroatoms. The number of rotatable bonds is 8. The highest BCUT2D eigenvalue weighted by molar-refractivity contribution is 5.90. The van der Waals surface area contributed by atoms with E-state index in [2.05, 4.69) is 37.3 Å². The number of hydrogen-bond acceptors (Lipinski definition) is 1. The fourth-order valence-corrected chi connectivity index (χ4v) is 7.09. The Morgan fingerprint density at radius 1 is 0.972 bits per heavy atom. The summed E-state index contributed by atoms with van der Waals surface area (Å²) in [5, 5.41) is 9.58. The Bertz CT molecular complexity index is 1090. The first-order valence-electron chi connectivity index (χ1n) is 14.3. The predicted molar refractivity (Wildman–Crippen MR) is 145 cm³/mol. The molecule has 36 heavy (non-hydrogen) atoms. The Morgan fingerprint density at radius 2 is 1.72 bits per heavy atom. The average molecular weight is 489 g/mol. The first kappa shape index (κ1) is 25.2. The molecule has 2 saturated carbocycles. The van der Waals surface area contributed by atoms with E-state index >= 15 is 0 Å². The molecular formula is C33H41FO2. The molecule has 5 rings (SSSR count). The predicted octanol–water partition coefficient (Wildman–Crippen LogP) is 8.67. The Hall–Kier alpha value is -2.42. The number of aryl methyl sites for hydroxylation is 1. The molecule has 0 spiro atoms. The van der Waals surface area contributed by atoms with Gasteiger partial charge in [0.15, 0.2) is 0 Å². The quantitative estimate of drug-likeness (QED) is 0.403. The van der Waals surface area contributed by atoms with E-state index in [0.717, 1.165) is 56.3 Å². The number of benzene rings is 2. The maximum absolute atomic E-state index is 12.5. The van der Waals surface area contributed by atoms with Crippen LogP contribution in [0.5, 0.6) is 0 Å². The maximum atomic E-state index is 12.5. The first-order valence-corrected chi connectivity index (χ1v) is 14.3. The van der Waals surface area contributed by atoms with Crippen LogP contribution < -0.4 is 0 Å². The lowest BCUT2D eigenvalue weighted by Crippen LogP contribution is -2.25. The fraction of sp³-hybridized carbons (Fsp3) is 0.545. The van der Waals surface area contributed by atoms with Crippen LogP contribution in [0.4, 0.5) is 4.39 Å². The van der Waals surface area contributed by atoms with E-state index in [4.69, 9.17) is 0 Å². The van der Waals surface area contributed by atoms with Crippen LogP contribution >= 0.6 is 0 Å². The number of carbonyl (C=O) groups is 1. The Morgan fingerprint density at radius 3 is 2.42 bits per heavy atom. The van der Waals surface area contributed by atoms with Crippen molar-refractivity contribution >= 4 is 11.5 Å². The lowest BCUT2D eigenvalue weighted by Gasteiger charge is -2.35. The molecule has 0 unspecified atom stereocenters. The summed E-state index contributed by atoms with van der Waals surface area (Å²) in [4.78, 5) is 11.7. The Kier molecular flexibility index (Phi) is 7.93. The number of fused-ring (bicyclic) bond motifs is 1. The van der Waals surface area contributed by atoms with Crippen LogP contribution in [0.25, 0.3) is 5.57 Å². The first-order chi connectivity index (χ1) is 17.5. The van der Waals surface area contributed by atoms with Gasteiger partial charge in [-0.05, 0) is 128 Å². The van der Waals surface area contributed by atoms with Crippen molar-refractivity contribution in [3.8, 4) is 0 Å². The van der Waals surface area contributed by atoms with Gasteiger partial charge in [0, 0.05) is 0 Å². The van der Waals surface area contributed by atoms with Crippen LogP contribution in [0.15, 0.2) is 48.0 Å². The van der Waals surface area contributed by atoms with E-state index in [-0.39, 0.29) is 6.67 Å². The molecule has 0 atom stereocenters. The Balaban J connectivity index is 1.43. The topological polar surface area (TPSA) is 37.3 Å². The molecule has 3 aliphatic rings. The van der Waals surface area contributed by atoms with Gasteiger partial charge in [0.05, 0.1) is 12.2 Å². The third-order valence-corrected chi connectivity index (χ3v) is 9.19. The molecule has 3 aliphatic carbocycles. The molecule has 2 aromatic rings. The average Bonchev–Trinajstić information content (AvgIpc) is 3.05. The number of hydrogen-bond donors (Lipinski definition) is 1. The van der Waals surface area contributed by atoms with Gasteiger partial charge < -0.3 is 5.11 Å². The normalized spacial score (nSPS) is 26.2. The van der Waals surface area contributed by atoms with Crippen molar-refractivity contribution in [3.63, 3.8) is 0 Å². The minimum atomic E-state index is -0.846. The monoisotopic (exact) mass is 488 g/mol. The molecule has 0 heterocycles. The zero-order valence-electron chi connectivity index (χ0n) is 21.8. The van der Waals surface area contributed by atoms with Crippen molar-refractivity contribution in [1.29, 1.82) is 0 Å². The van der Waals surface area contributed by atoms with Gasteiger partial charge in [-0.15, -0.1) is 0 Å². The lowest BCUT2D eigenvalue weighted by molar-refractivity contribution is 0.0696. The van der Waals surface area contributed by atoms with Gasteiger partial charge in [-0.3, -0.25) is 4.39 Å². The number of aromatic carboxylic acids is 1. The molecule has 0 radical (unpaired) electrons. The highest BCUT2D eigenvalue weighted by atomic mass is 19.1. The maximum Gasteiger partial charge on any atom is 0.335 e. The summed E-state index contributed by atoms with van der Waals surface area (Å²) in [5.41, 5.74) is 8.48. The van der Waals surface area contributed by atoms with Crippen LogP contribution in [0.2, 0.25) is 0 Å². The molecule has 0 amide bonds. The second kappa shape index (κ2) is 11.3. The molecule has 2 aromatic carbocycles. The molecule has 2 nitrogen and oxygen atoms in total. The summed E-state index contributed by atoms with van der Waals surface area (Å²) < 4.78 is 12.5. The van der Waals surface area contributed by atoms with Gasteiger partial charge >= 0.3 is 5.97 Å². The fourth-order valence-electron chi connectivity index (χ4n) is 7.09. The van der Waals surface area contributed by atoms with E-state index in [1.807, 2.05) is 6.07 Å². The van der Waals surface area contributed by atoms with Gasteiger partial charge in [-0.2, -0.15) is 0 Å². The summed E-state index contributed by atoms with van der Waals surface area (Å²) in [6, 6.07) is 15.0. The van der Waals surface area contributed by atoms with Crippen LogP contribution in [-0.2, 0) is 12.8 Å². The molecule has 1 N–H and O–H groups in total. The molecule has 0 bridgehead atoms. The molecular weight excluding hydrogens is 447 g/mol. The van der Waals surface area contributed by atoms with E-state index in [1.165, 1.54) is 66.4 Å². The van der Waals surface area contributed by atoms with E-state index in [1.54, 1.807) is 11.6 Å². The molecule has 0 aromatic heterocycles. The van der Waals surface area contributed by atoms with Gasteiger partial charge in [-0.25, -0.2) is 4.79 Å². The third-order valence-electron chi connectivity index (χ3n) is 9.19. The molecule has 0 saturated heterocycles. The minimum Gasteiger partial charge on any atom is -0.478 e. The van der Waals surface area contributed by atoms with Crippen molar-refractivity contribution in [2.24, 2.45) is 23.7 Å². The summed E-state index contributed by atoms with van der Waals surface area (Å²) >= 11 is 0. The summed E-state index contributed by atoms with van der Waals surface area (Å²) in [6.45, 7) is 2.20. The lowest BCUT2D eigenvalue weighted by atomic mass is 9.70. The summed E-state index contributed by atoms with van der Waals surface area (Å²) in [6.07, 6.45) is 13.7. The van der Waals surface area contributed by atoms with Crippen LogP contribution in [0, 0.1) is 23.7 Å². The van der Waals surface area contributed by atoms with E-state index in [0.29, 0.717) is 11.5 Å². The van der Waals surface area contributed by atoms with Crippen molar-refractivity contribution in [1.82, 2.24) is 0 Å². The van der Waals surface area contributed by atoms with Crippen LogP contribution in [0.1, 0.15) is 104 Å². The molecule has 192 valence electrons. The minimum absolute atomic E-state index is 0.179. The smallest absolute Gasteiger partial charge is 0.335 e. The number of halogens is 1. The van der Waals surface area contributed by atoms with E-state index < -0.39 is 5.97 Å². The molecule has 2 fully saturated rings. The van der Waals surface area contributed by atoms with Gasteiger partial charge in [0.2, 0.25) is 0 Å². The highest BCUT2D eigenvalue weighted by Crippen LogP contribution is 2.44. The van der Waals surface area contributed by atoms with Crippen LogP contribution in [0.3, 0.4) is 0 Å². The zero-order chi connectivity index (χ0) is 25.1. The highest BCUT2D eigenvalue weighted by Gasteiger charge is 2.30. The number of carboxylic acid groups (broad SMARTS) is 1.